The van der Waals surface area contributed by atoms with E-state index in [4.69, 9.17) is 0 Å². The van der Waals surface area contributed by atoms with Gasteiger partial charge in [0, 0.05) is 12.1 Å². The summed E-state index contributed by atoms with van der Waals surface area (Å²) in [4.78, 5) is 13.3. The highest BCUT2D eigenvalue weighted by molar-refractivity contribution is 5.89. The zero-order valence-electron chi connectivity index (χ0n) is 9.86. The smallest absolute Gasteiger partial charge is 0.337 e. The molecule has 1 N–H and O–H groups in total. The van der Waals surface area contributed by atoms with Crippen molar-refractivity contribution >= 4 is 5.97 Å². The topological polar surface area (TPSA) is 49.8 Å². The number of esters is 1. The fourth-order valence-corrected chi connectivity index (χ4v) is 1.34. The van der Waals surface area contributed by atoms with Gasteiger partial charge in [-0.25, -0.2) is 4.79 Å². The molecule has 0 aliphatic rings. The Hall–Kier alpha value is -1.55. The van der Waals surface area contributed by atoms with Gasteiger partial charge in [0.15, 0.2) is 0 Å². The number of hydrogen-bond acceptors (Lipinski definition) is 4. The van der Waals surface area contributed by atoms with Gasteiger partial charge in [-0.15, -0.1) is 0 Å². The minimum absolute atomic E-state index is 0.128. The fraction of sp³-hybridized carbons (Fsp3) is 0.417. The molecule has 0 atom stereocenters. The number of hydrogen-bond donors (Lipinski definition) is 1. The third-order valence-electron chi connectivity index (χ3n) is 2.49. The van der Waals surface area contributed by atoms with Crippen LogP contribution in [0.3, 0.4) is 0 Å². The molecule has 0 saturated heterocycles. The Balaban J connectivity index is 2.87. The van der Waals surface area contributed by atoms with Crippen LogP contribution in [0.2, 0.25) is 0 Å². The zero-order chi connectivity index (χ0) is 12.1. The molecular formula is C12H17NO3. The van der Waals surface area contributed by atoms with Gasteiger partial charge in [-0.05, 0) is 25.7 Å². The Bertz CT molecular complexity index is 377. The van der Waals surface area contributed by atoms with Crippen molar-refractivity contribution in [3.63, 3.8) is 0 Å². The number of phenolic OH excluding ortho intramolecular Hbond substituents is 1. The second kappa shape index (κ2) is 5.51. The summed E-state index contributed by atoms with van der Waals surface area (Å²) in [7, 11) is 3.28. The minimum Gasteiger partial charge on any atom is -0.508 e. The first-order valence-electron chi connectivity index (χ1n) is 5.17. The Labute approximate surface area is 95.5 Å². The van der Waals surface area contributed by atoms with Gasteiger partial charge >= 0.3 is 5.97 Å². The Morgan fingerprint density at radius 1 is 1.50 bits per heavy atom. The maximum Gasteiger partial charge on any atom is 0.337 e. The van der Waals surface area contributed by atoms with Gasteiger partial charge in [0.05, 0.1) is 12.7 Å². The average molecular weight is 223 g/mol. The molecule has 1 rings (SSSR count). The summed E-state index contributed by atoms with van der Waals surface area (Å²) in [5.41, 5.74) is 1.17. The van der Waals surface area contributed by atoms with Crippen molar-refractivity contribution in [2.24, 2.45) is 0 Å². The minimum atomic E-state index is -0.439. The van der Waals surface area contributed by atoms with Crippen molar-refractivity contribution in [3.05, 3.63) is 29.3 Å². The first-order valence-corrected chi connectivity index (χ1v) is 5.17. The molecule has 0 heterocycles. The fourth-order valence-electron chi connectivity index (χ4n) is 1.34. The van der Waals surface area contributed by atoms with Gasteiger partial charge in [0.1, 0.15) is 5.75 Å². The van der Waals surface area contributed by atoms with Gasteiger partial charge in [-0.2, -0.15) is 0 Å². The maximum atomic E-state index is 11.2. The van der Waals surface area contributed by atoms with Crippen molar-refractivity contribution < 1.29 is 14.6 Å². The Kier molecular flexibility index (Phi) is 4.31. The van der Waals surface area contributed by atoms with E-state index in [1.54, 1.807) is 12.1 Å². The molecule has 88 valence electrons. The molecule has 4 nitrogen and oxygen atoms in total. The number of carbonyl (C=O) groups excluding carboxylic acids is 1. The van der Waals surface area contributed by atoms with E-state index in [1.807, 2.05) is 14.0 Å². The SMILES string of the molecule is CCN(C)Cc1ccc(C(=O)OC)cc1O. The second-order valence-corrected chi connectivity index (χ2v) is 3.67. The molecule has 0 aliphatic carbocycles. The van der Waals surface area contributed by atoms with Crippen LogP contribution in [0.4, 0.5) is 0 Å². The summed E-state index contributed by atoms with van der Waals surface area (Å²) in [6.07, 6.45) is 0. The van der Waals surface area contributed by atoms with Crippen LogP contribution in [0, 0.1) is 0 Å². The van der Waals surface area contributed by atoms with Crippen LogP contribution in [0.25, 0.3) is 0 Å². The van der Waals surface area contributed by atoms with Gasteiger partial charge in [-0.3, -0.25) is 0 Å². The molecule has 0 radical (unpaired) electrons. The van der Waals surface area contributed by atoms with Crippen molar-refractivity contribution in [1.82, 2.24) is 4.90 Å². The molecular weight excluding hydrogens is 206 g/mol. The van der Waals surface area contributed by atoms with E-state index in [2.05, 4.69) is 9.64 Å². The molecule has 0 unspecified atom stereocenters. The predicted octanol–water partition coefficient (Wildman–Crippen LogP) is 1.63. The van der Waals surface area contributed by atoms with Gasteiger partial charge < -0.3 is 14.7 Å². The quantitative estimate of drug-likeness (QED) is 0.788. The van der Waals surface area contributed by atoms with Crippen LogP contribution in [0.1, 0.15) is 22.8 Å². The average Bonchev–Trinajstić information content (AvgIpc) is 2.30. The molecule has 0 amide bonds. The highest BCUT2D eigenvalue weighted by atomic mass is 16.5. The molecule has 0 spiro atoms. The first kappa shape index (κ1) is 12.5. The molecule has 16 heavy (non-hydrogen) atoms. The van der Waals surface area contributed by atoms with Crippen LogP contribution in [0.15, 0.2) is 18.2 Å². The molecule has 4 heteroatoms. The standard InChI is InChI=1S/C12H17NO3/c1-4-13(2)8-10-6-5-9(7-11(10)14)12(15)16-3/h5-7,14H,4,8H2,1-3H3. The van der Waals surface area contributed by atoms with E-state index in [1.165, 1.54) is 13.2 Å². The van der Waals surface area contributed by atoms with Crippen LogP contribution in [-0.4, -0.2) is 36.7 Å². The highest BCUT2D eigenvalue weighted by Gasteiger charge is 2.09. The number of nitrogens with zero attached hydrogens (tertiary/aromatic N) is 1. The monoisotopic (exact) mass is 223 g/mol. The lowest BCUT2D eigenvalue weighted by atomic mass is 10.1. The van der Waals surface area contributed by atoms with E-state index in [0.717, 1.165) is 12.1 Å². The molecule has 0 aromatic heterocycles. The number of aromatic hydroxyl groups is 1. The second-order valence-electron chi connectivity index (χ2n) is 3.67. The Morgan fingerprint density at radius 2 is 2.19 bits per heavy atom. The number of benzene rings is 1. The Morgan fingerprint density at radius 3 is 2.69 bits per heavy atom. The normalized spacial score (nSPS) is 10.5. The summed E-state index contributed by atoms with van der Waals surface area (Å²) in [5.74, 6) is -0.311. The number of ether oxygens (including phenoxy) is 1. The molecule has 1 aromatic rings. The number of rotatable bonds is 4. The molecule has 0 saturated carbocycles. The lowest BCUT2D eigenvalue weighted by Gasteiger charge is -2.15. The van der Waals surface area contributed by atoms with Crippen LogP contribution in [0.5, 0.6) is 5.75 Å². The molecule has 0 bridgehead atoms. The largest absolute Gasteiger partial charge is 0.508 e. The summed E-state index contributed by atoms with van der Waals surface area (Å²) < 4.78 is 4.57. The summed E-state index contributed by atoms with van der Waals surface area (Å²) in [6, 6.07) is 4.84. The predicted molar refractivity (Wildman–Crippen MR) is 61.5 cm³/mol. The van der Waals surface area contributed by atoms with E-state index >= 15 is 0 Å². The van der Waals surface area contributed by atoms with Crippen LogP contribution in [-0.2, 0) is 11.3 Å². The molecule has 0 aliphatic heterocycles. The van der Waals surface area contributed by atoms with Gasteiger partial charge in [0.2, 0.25) is 0 Å². The van der Waals surface area contributed by atoms with Gasteiger partial charge in [0.25, 0.3) is 0 Å². The number of phenols is 1. The summed E-state index contributed by atoms with van der Waals surface area (Å²) in [6.45, 7) is 3.60. The van der Waals surface area contributed by atoms with E-state index in [9.17, 15) is 9.90 Å². The highest BCUT2D eigenvalue weighted by Crippen LogP contribution is 2.20. The van der Waals surface area contributed by atoms with Crippen LogP contribution < -0.4 is 0 Å². The number of methoxy groups -OCH3 is 1. The third kappa shape index (κ3) is 2.97. The van der Waals surface area contributed by atoms with E-state index < -0.39 is 5.97 Å². The maximum absolute atomic E-state index is 11.2. The number of carbonyl (C=O) groups is 1. The van der Waals surface area contributed by atoms with Gasteiger partial charge in [-0.1, -0.05) is 13.0 Å². The molecule has 0 fully saturated rings. The summed E-state index contributed by atoms with van der Waals surface area (Å²) >= 11 is 0. The zero-order valence-corrected chi connectivity index (χ0v) is 9.86. The van der Waals surface area contributed by atoms with E-state index in [-0.39, 0.29) is 5.75 Å². The molecule has 1 aromatic carbocycles. The lowest BCUT2D eigenvalue weighted by Crippen LogP contribution is -2.16. The van der Waals surface area contributed by atoms with E-state index in [0.29, 0.717) is 12.1 Å². The van der Waals surface area contributed by atoms with Crippen molar-refractivity contribution in [1.29, 1.82) is 0 Å². The third-order valence-corrected chi connectivity index (χ3v) is 2.49. The van der Waals surface area contributed by atoms with Crippen molar-refractivity contribution in [2.45, 2.75) is 13.5 Å². The van der Waals surface area contributed by atoms with Crippen LogP contribution >= 0.6 is 0 Å². The first-order chi connectivity index (χ1) is 7.58. The van der Waals surface area contributed by atoms with Crippen molar-refractivity contribution in [2.75, 3.05) is 20.7 Å². The summed E-state index contributed by atoms with van der Waals surface area (Å²) in [5, 5.41) is 9.75. The lowest BCUT2D eigenvalue weighted by molar-refractivity contribution is 0.0600. The van der Waals surface area contributed by atoms with Crippen molar-refractivity contribution in [3.8, 4) is 5.75 Å².